The summed E-state index contributed by atoms with van der Waals surface area (Å²) in [7, 11) is -5.67. The molecule has 4 aliphatic rings. The number of piperidine rings is 1. The fourth-order valence-corrected chi connectivity index (χ4v) is 9.33. The van der Waals surface area contributed by atoms with Gasteiger partial charge in [0.25, 0.3) is 0 Å². The van der Waals surface area contributed by atoms with Crippen molar-refractivity contribution in [2.45, 2.75) is 78.2 Å². The maximum Gasteiger partial charge on any atom is 0.244 e. The number of nitrogens with zero attached hydrogens (tertiary/aromatic N) is 3. The average Bonchev–Trinajstić information content (AvgIpc) is 3.64. The number of benzene rings is 1. The number of sulfonamides is 2. The standard InChI is InChI=1S/C30H43N5O9S2/c1-34-12-13-42-29-27(34)15-25(18-32-29)46(40,41)35-10-8-30(9-11-35)16-21(19-44-30)31-17-22(36)20-43-23-4-2-5-24(14-23)45(38,39)33-26-6-3-7-28(26)37/h2,4-5,14-15,18,21-22,26,28,31,33,36-37H,3,6-13,16-17,19-20H2,1H3/t21?,22?,26-,28-/m0/s1. The molecule has 1 spiro atoms. The number of aliphatic hydroxyl groups excluding tert-OH is 2. The lowest BCUT2D eigenvalue weighted by atomic mass is 9.88. The monoisotopic (exact) mass is 681 g/mol. The molecule has 2 unspecified atom stereocenters. The third-order valence-electron chi connectivity index (χ3n) is 9.35. The first-order valence-corrected chi connectivity index (χ1v) is 18.7. The van der Waals surface area contributed by atoms with E-state index in [1.165, 1.54) is 22.6 Å². The maximum atomic E-state index is 13.4. The molecule has 254 valence electrons. The molecule has 2 aromatic rings. The molecule has 1 aromatic heterocycles. The molecule has 2 saturated heterocycles. The number of pyridine rings is 1. The van der Waals surface area contributed by atoms with E-state index in [0.717, 1.165) is 6.42 Å². The Balaban J connectivity index is 0.954. The van der Waals surface area contributed by atoms with Gasteiger partial charge < -0.3 is 34.6 Å². The third-order valence-corrected chi connectivity index (χ3v) is 12.7. The zero-order valence-electron chi connectivity index (χ0n) is 25.9. The first-order valence-electron chi connectivity index (χ1n) is 15.8. The van der Waals surface area contributed by atoms with E-state index in [2.05, 4.69) is 15.0 Å². The first kappa shape index (κ1) is 33.3. The van der Waals surface area contributed by atoms with Crippen molar-refractivity contribution in [2.24, 2.45) is 0 Å². The second-order valence-electron chi connectivity index (χ2n) is 12.6. The van der Waals surface area contributed by atoms with Crippen molar-refractivity contribution in [1.29, 1.82) is 0 Å². The highest BCUT2D eigenvalue weighted by atomic mass is 32.2. The number of fused-ring (bicyclic) bond motifs is 1. The second-order valence-corrected chi connectivity index (χ2v) is 16.3. The minimum absolute atomic E-state index is 0.0105. The van der Waals surface area contributed by atoms with E-state index >= 15 is 0 Å². The molecule has 46 heavy (non-hydrogen) atoms. The zero-order chi connectivity index (χ0) is 32.5. The molecule has 4 heterocycles. The zero-order valence-corrected chi connectivity index (χ0v) is 27.5. The lowest BCUT2D eigenvalue weighted by Gasteiger charge is -2.38. The fourth-order valence-electron chi connectivity index (χ4n) is 6.59. The lowest BCUT2D eigenvalue weighted by molar-refractivity contribution is -0.0312. The Bertz CT molecular complexity index is 1600. The number of hydrogen-bond donors (Lipinski definition) is 4. The van der Waals surface area contributed by atoms with Crippen molar-refractivity contribution < 1.29 is 41.3 Å². The molecule has 0 amide bonds. The topological polar surface area (TPSA) is 180 Å². The minimum Gasteiger partial charge on any atom is -0.491 e. The molecule has 4 atom stereocenters. The van der Waals surface area contributed by atoms with Crippen LogP contribution in [0, 0.1) is 0 Å². The van der Waals surface area contributed by atoms with Gasteiger partial charge >= 0.3 is 0 Å². The van der Waals surface area contributed by atoms with Crippen molar-refractivity contribution in [1.82, 2.24) is 19.3 Å². The van der Waals surface area contributed by atoms with Crippen LogP contribution < -0.4 is 24.4 Å². The van der Waals surface area contributed by atoms with E-state index in [1.807, 2.05) is 11.9 Å². The van der Waals surface area contributed by atoms with Crippen molar-refractivity contribution in [3.05, 3.63) is 36.5 Å². The summed E-state index contributed by atoms with van der Waals surface area (Å²) in [6.07, 6.45) is 3.55. The molecular weight excluding hydrogens is 638 g/mol. The molecule has 1 aromatic carbocycles. The summed E-state index contributed by atoms with van der Waals surface area (Å²) < 4.78 is 74.0. The van der Waals surface area contributed by atoms with Crippen LogP contribution in [0.4, 0.5) is 5.69 Å². The van der Waals surface area contributed by atoms with Gasteiger partial charge in [-0.15, -0.1) is 0 Å². The number of aromatic nitrogens is 1. The van der Waals surface area contributed by atoms with Crippen LogP contribution in [0.2, 0.25) is 0 Å². The van der Waals surface area contributed by atoms with Gasteiger partial charge in [0.15, 0.2) is 0 Å². The van der Waals surface area contributed by atoms with Crippen molar-refractivity contribution in [2.75, 3.05) is 57.9 Å². The van der Waals surface area contributed by atoms with Crippen molar-refractivity contribution >= 4 is 25.7 Å². The number of rotatable bonds is 11. The van der Waals surface area contributed by atoms with Crippen LogP contribution in [0.15, 0.2) is 46.3 Å². The Labute approximate surface area is 270 Å². The summed E-state index contributed by atoms with van der Waals surface area (Å²) in [6, 6.07) is 7.17. The summed E-state index contributed by atoms with van der Waals surface area (Å²) in [6.45, 7) is 2.48. The molecular formula is C30H43N5O9S2. The van der Waals surface area contributed by atoms with Gasteiger partial charge in [0.05, 0.1) is 35.9 Å². The highest BCUT2D eigenvalue weighted by molar-refractivity contribution is 7.89. The highest BCUT2D eigenvalue weighted by Crippen LogP contribution is 2.38. The summed E-state index contributed by atoms with van der Waals surface area (Å²) in [5.74, 6) is 0.749. The van der Waals surface area contributed by atoms with Crippen molar-refractivity contribution in [3.8, 4) is 11.6 Å². The Hall–Kier alpha value is -2.57. The second kappa shape index (κ2) is 13.5. The van der Waals surface area contributed by atoms with E-state index in [-0.39, 0.29) is 29.0 Å². The summed E-state index contributed by atoms with van der Waals surface area (Å²) in [5, 5.41) is 23.9. The molecule has 16 heteroatoms. The number of nitrogens with one attached hydrogen (secondary N) is 2. The molecule has 6 rings (SSSR count). The number of hydrogen-bond acceptors (Lipinski definition) is 12. The largest absolute Gasteiger partial charge is 0.491 e. The molecule has 14 nitrogen and oxygen atoms in total. The summed E-state index contributed by atoms with van der Waals surface area (Å²) >= 11 is 0. The predicted molar refractivity (Wildman–Crippen MR) is 168 cm³/mol. The van der Waals surface area contributed by atoms with Crippen molar-refractivity contribution in [3.63, 3.8) is 0 Å². The van der Waals surface area contributed by atoms with Gasteiger partial charge in [-0.05, 0) is 56.7 Å². The van der Waals surface area contributed by atoms with Gasteiger partial charge in [0, 0.05) is 44.8 Å². The van der Waals surface area contributed by atoms with Crippen LogP contribution in [0.25, 0.3) is 0 Å². The number of likely N-dealkylation sites (N-methyl/N-ethyl adjacent to an activating group) is 1. The molecule has 3 aliphatic heterocycles. The van der Waals surface area contributed by atoms with E-state index in [9.17, 15) is 27.0 Å². The van der Waals surface area contributed by atoms with Crippen LogP contribution in [0.3, 0.4) is 0 Å². The molecule has 1 aliphatic carbocycles. The number of anilines is 1. The molecule has 0 radical (unpaired) electrons. The molecule has 0 bridgehead atoms. The van der Waals surface area contributed by atoms with E-state index in [0.29, 0.717) is 82.3 Å². The van der Waals surface area contributed by atoms with Gasteiger partial charge in [-0.2, -0.15) is 4.31 Å². The Kier molecular flexibility index (Phi) is 9.79. The lowest BCUT2D eigenvalue weighted by Crippen LogP contribution is -2.47. The quantitative estimate of drug-likeness (QED) is 0.258. The van der Waals surface area contributed by atoms with E-state index in [4.69, 9.17) is 14.2 Å². The molecule has 1 saturated carbocycles. The van der Waals surface area contributed by atoms with Crippen LogP contribution >= 0.6 is 0 Å². The van der Waals surface area contributed by atoms with Gasteiger partial charge in [0.2, 0.25) is 25.9 Å². The van der Waals surface area contributed by atoms with Crippen LogP contribution in [-0.4, -0.2) is 119 Å². The number of ether oxygens (including phenoxy) is 3. The third kappa shape index (κ3) is 7.28. The minimum atomic E-state index is -3.83. The Morgan fingerprint density at radius 2 is 1.93 bits per heavy atom. The van der Waals surface area contributed by atoms with Crippen LogP contribution in [0.5, 0.6) is 11.6 Å². The fraction of sp³-hybridized carbons (Fsp3) is 0.633. The Morgan fingerprint density at radius 1 is 1.13 bits per heavy atom. The summed E-state index contributed by atoms with van der Waals surface area (Å²) in [4.78, 5) is 6.36. The van der Waals surface area contributed by atoms with Gasteiger partial charge in [-0.3, -0.25) is 0 Å². The SMILES string of the molecule is CN1CCOc2ncc(S(=O)(=O)N3CCC4(CC3)CC(NCC(O)COc3cccc(S(=O)(=O)N[C@H]5CCC[C@@H]5O)c3)CO4)cc21. The van der Waals surface area contributed by atoms with Crippen LogP contribution in [0.1, 0.15) is 38.5 Å². The van der Waals surface area contributed by atoms with E-state index < -0.39 is 43.9 Å². The highest BCUT2D eigenvalue weighted by Gasteiger charge is 2.45. The Morgan fingerprint density at radius 3 is 2.70 bits per heavy atom. The normalized spacial score (nSPS) is 25.7. The smallest absolute Gasteiger partial charge is 0.244 e. The molecule has 3 fully saturated rings. The summed E-state index contributed by atoms with van der Waals surface area (Å²) in [5.41, 5.74) is 0.234. The van der Waals surface area contributed by atoms with Gasteiger partial charge in [-0.25, -0.2) is 26.5 Å². The van der Waals surface area contributed by atoms with Gasteiger partial charge in [0.1, 0.15) is 35.7 Å². The maximum absolute atomic E-state index is 13.4. The van der Waals surface area contributed by atoms with Gasteiger partial charge in [-0.1, -0.05) is 6.07 Å². The average molecular weight is 682 g/mol. The first-order chi connectivity index (χ1) is 21.9. The molecule has 4 N–H and O–H groups in total. The number of aliphatic hydroxyl groups is 2. The van der Waals surface area contributed by atoms with Crippen LogP contribution in [-0.2, 0) is 24.8 Å². The van der Waals surface area contributed by atoms with E-state index in [1.54, 1.807) is 18.2 Å². The predicted octanol–water partition coefficient (Wildman–Crippen LogP) is 0.444.